The molecule has 0 aromatic heterocycles. The number of benzene rings is 3. The molecular weight excluding hydrogens is 468 g/mol. The van der Waals surface area contributed by atoms with Gasteiger partial charge in [-0.1, -0.05) is 42.2 Å². The average molecular weight is 501 g/mol. The van der Waals surface area contributed by atoms with Crippen LogP contribution in [0.15, 0.2) is 78.4 Å². The van der Waals surface area contributed by atoms with Crippen molar-refractivity contribution in [1.29, 1.82) is 0 Å². The van der Waals surface area contributed by atoms with Crippen molar-refractivity contribution in [2.45, 2.75) is 19.4 Å². The number of amides is 1. The average Bonchev–Trinajstić information content (AvgIpc) is 3.14. The van der Waals surface area contributed by atoms with Crippen molar-refractivity contribution < 1.29 is 29.1 Å². The van der Waals surface area contributed by atoms with Gasteiger partial charge in [-0.15, -0.1) is 0 Å². The fourth-order valence-corrected chi connectivity index (χ4v) is 4.60. The Morgan fingerprint density at radius 3 is 2.38 bits per heavy atom. The Hall–Kier alpha value is -4.10. The molecule has 1 fully saturated rings. The van der Waals surface area contributed by atoms with E-state index in [0.29, 0.717) is 41.3 Å². The van der Waals surface area contributed by atoms with Crippen molar-refractivity contribution in [3.63, 3.8) is 0 Å². The summed E-state index contributed by atoms with van der Waals surface area (Å²) in [4.78, 5) is 29.2. The van der Waals surface area contributed by atoms with Gasteiger partial charge >= 0.3 is 0 Å². The number of ether oxygens (including phenoxy) is 2. The lowest BCUT2D eigenvalue weighted by Crippen LogP contribution is -3.05. The molecule has 1 heterocycles. The summed E-state index contributed by atoms with van der Waals surface area (Å²) in [6.45, 7) is 3.02. The third-order valence-corrected chi connectivity index (χ3v) is 6.42. The Bertz CT molecular complexity index is 1320. The number of nitrogens with one attached hydrogen (secondary N) is 1. The number of likely N-dealkylation sites (tertiary alicyclic amines) is 1. The van der Waals surface area contributed by atoms with Crippen LogP contribution in [0.25, 0.3) is 5.76 Å². The Balaban J connectivity index is 1.79. The maximum Gasteiger partial charge on any atom is 0.295 e. The van der Waals surface area contributed by atoms with Crippen molar-refractivity contribution in [2.75, 3.05) is 34.3 Å². The molecule has 0 saturated carbocycles. The Kier molecular flexibility index (Phi) is 7.94. The largest absolute Gasteiger partial charge is 0.872 e. The quantitative estimate of drug-likeness (QED) is 0.277. The Labute approximate surface area is 217 Å². The molecule has 3 aromatic carbocycles. The fraction of sp³-hybridized carbons (Fsp3) is 0.267. The summed E-state index contributed by atoms with van der Waals surface area (Å²) >= 11 is 0. The second-order valence-corrected chi connectivity index (χ2v) is 9.46. The van der Waals surface area contributed by atoms with Crippen molar-refractivity contribution in [3.8, 4) is 17.2 Å². The third-order valence-electron chi connectivity index (χ3n) is 6.42. The first-order valence-corrected chi connectivity index (χ1v) is 12.3. The molecule has 3 aromatic rings. The van der Waals surface area contributed by atoms with E-state index in [2.05, 4.69) is 0 Å². The molecule has 0 bridgehead atoms. The summed E-state index contributed by atoms with van der Waals surface area (Å²) < 4.78 is 11.3. The number of para-hydroxylation sites is 1. The van der Waals surface area contributed by atoms with E-state index in [9.17, 15) is 14.7 Å². The van der Waals surface area contributed by atoms with Crippen LogP contribution in [-0.2, 0) is 9.59 Å². The summed E-state index contributed by atoms with van der Waals surface area (Å²) in [5, 5.41) is 13.7. The number of carbonyl (C=O) groups excluding carboxylic acids is 2. The molecule has 4 rings (SSSR count). The molecule has 37 heavy (non-hydrogen) atoms. The highest BCUT2D eigenvalue weighted by molar-refractivity contribution is 6.46. The summed E-state index contributed by atoms with van der Waals surface area (Å²) in [6, 6.07) is 20.8. The lowest BCUT2D eigenvalue weighted by atomic mass is 9.94. The van der Waals surface area contributed by atoms with Gasteiger partial charge in [-0.2, -0.15) is 0 Å². The van der Waals surface area contributed by atoms with Gasteiger partial charge in [0.15, 0.2) is 0 Å². The van der Waals surface area contributed by atoms with Crippen LogP contribution in [0.2, 0.25) is 0 Å². The smallest absolute Gasteiger partial charge is 0.295 e. The monoisotopic (exact) mass is 500 g/mol. The second-order valence-electron chi connectivity index (χ2n) is 9.46. The molecule has 1 amide bonds. The highest BCUT2D eigenvalue weighted by atomic mass is 16.5. The van der Waals surface area contributed by atoms with Crippen LogP contribution in [-0.4, -0.2) is 50.9 Å². The van der Waals surface area contributed by atoms with Crippen molar-refractivity contribution in [1.82, 2.24) is 4.90 Å². The van der Waals surface area contributed by atoms with Gasteiger partial charge < -0.3 is 24.4 Å². The predicted molar refractivity (Wildman–Crippen MR) is 139 cm³/mol. The zero-order valence-corrected chi connectivity index (χ0v) is 21.6. The number of hydrogen-bond acceptors (Lipinski definition) is 5. The number of hydrogen-bond donors (Lipinski definition) is 1. The van der Waals surface area contributed by atoms with Gasteiger partial charge in [0.2, 0.25) is 5.78 Å². The highest BCUT2D eigenvalue weighted by Crippen LogP contribution is 2.40. The van der Waals surface area contributed by atoms with Gasteiger partial charge in [-0.05, 0) is 60.0 Å². The van der Waals surface area contributed by atoms with E-state index in [4.69, 9.17) is 9.47 Å². The zero-order chi connectivity index (χ0) is 26.5. The van der Waals surface area contributed by atoms with Gasteiger partial charge in [-0.3, -0.25) is 9.59 Å². The van der Waals surface area contributed by atoms with Gasteiger partial charge in [-0.25, -0.2) is 0 Å². The first-order valence-electron chi connectivity index (χ1n) is 12.3. The molecule has 1 atom stereocenters. The van der Waals surface area contributed by atoms with E-state index < -0.39 is 23.5 Å². The summed E-state index contributed by atoms with van der Waals surface area (Å²) in [5.41, 5.74) is 1.73. The second kappa shape index (κ2) is 11.3. The summed E-state index contributed by atoms with van der Waals surface area (Å²) in [5.74, 6) is 0.00444. The third kappa shape index (κ3) is 5.67. The van der Waals surface area contributed by atoms with Crippen molar-refractivity contribution >= 4 is 17.4 Å². The number of Topliss-reactive ketones (excluding diaryl/α,β-unsaturated/α-hetero) is 1. The minimum atomic E-state index is -0.800. The van der Waals surface area contributed by atoms with Crippen LogP contribution in [0.3, 0.4) is 0 Å². The predicted octanol–water partition coefficient (Wildman–Crippen LogP) is 2.55. The molecule has 1 N–H and O–H groups in total. The number of aryl methyl sites for hydroxylation is 1. The van der Waals surface area contributed by atoms with Crippen LogP contribution in [0.5, 0.6) is 17.2 Å². The normalized spacial score (nSPS) is 16.9. The van der Waals surface area contributed by atoms with Gasteiger partial charge in [0.1, 0.15) is 17.2 Å². The Morgan fingerprint density at radius 2 is 1.70 bits per heavy atom. The van der Waals surface area contributed by atoms with Crippen LogP contribution in [0, 0.1) is 6.92 Å². The number of nitrogens with zero attached hydrogens (tertiary/aromatic N) is 1. The van der Waals surface area contributed by atoms with E-state index in [1.54, 1.807) is 31.4 Å². The van der Waals surface area contributed by atoms with E-state index in [0.717, 1.165) is 12.1 Å². The van der Waals surface area contributed by atoms with Gasteiger partial charge in [0.25, 0.3) is 5.91 Å². The first-order chi connectivity index (χ1) is 17.8. The number of quaternary nitrogens is 1. The van der Waals surface area contributed by atoms with E-state index in [1.807, 2.05) is 69.6 Å². The SMILES string of the molecule is COc1ccc(/C([O-])=C2\C(=O)C(=O)N(CCC[NH+](C)C)C2c2cccc(Oc3ccccc3)c2)cc1C. The molecule has 7 nitrogen and oxygen atoms in total. The molecule has 1 aliphatic heterocycles. The standard InChI is InChI=1S/C30H32N2O5/c1-20-18-22(14-15-25(20)36-4)28(33)26-27(32(30(35)29(26)34)17-9-16-31(2)3)21-10-8-13-24(19-21)37-23-11-6-5-7-12-23/h5-8,10-15,18-19,27,33H,9,16-17H2,1-4H3/b28-26+. The van der Waals surface area contributed by atoms with Gasteiger partial charge in [0.05, 0.1) is 33.8 Å². The summed E-state index contributed by atoms with van der Waals surface area (Å²) in [6.07, 6.45) is 0.696. The molecule has 1 unspecified atom stereocenters. The number of carbonyl (C=O) groups is 2. The number of methoxy groups -OCH3 is 1. The van der Waals surface area contributed by atoms with Crippen LogP contribution >= 0.6 is 0 Å². The zero-order valence-electron chi connectivity index (χ0n) is 21.6. The Morgan fingerprint density at radius 1 is 0.973 bits per heavy atom. The molecule has 0 aliphatic carbocycles. The van der Waals surface area contributed by atoms with Crippen LogP contribution in [0.4, 0.5) is 0 Å². The highest BCUT2D eigenvalue weighted by Gasteiger charge is 2.44. The lowest BCUT2D eigenvalue weighted by Gasteiger charge is -2.28. The van der Waals surface area contributed by atoms with E-state index >= 15 is 0 Å². The minimum Gasteiger partial charge on any atom is -0.872 e. The van der Waals surface area contributed by atoms with Crippen LogP contribution < -0.4 is 19.5 Å². The van der Waals surface area contributed by atoms with E-state index in [-0.39, 0.29) is 5.57 Å². The lowest BCUT2D eigenvalue weighted by molar-refractivity contribution is -0.858. The molecular formula is C30H32N2O5. The maximum absolute atomic E-state index is 13.7. The maximum atomic E-state index is 13.7. The van der Waals surface area contributed by atoms with Gasteiger partial charge in [0, 0.05) is 18.5 Å². The molecule has 0 radical (unpaired) electrons. The first kappa shape index (κ1) is 26.0. The molecule has 192 valence electrons. The molecule has 1 saturated heterocycles. The summed E-state index contributed by atoms with van der Waals surface area (Å²) in [7, 11) is 5.63. The van der Waals surface area contributed by atoms with Crippen molar-refractivity contribution in [2.24, 2.45) is 0 Å². The molecule has 1 aliphatic rings. The van der Waals surface area contributed by atoms with Crippen LogP contribution in [0.1, 0.15) is 29.2 Å². The van der Waals surface area contributed by atoms with E-state index in [1.165, 1.54) is 9.80 Å². The topological polar surface area (TPSA) is 83.3 Å². The van der Waals surface area contributed by atoms with Crippen molar-refractivity contribution in [3.05, 3.63) is 95.1 Å². The number of rotatable bonds is 9. The number of ketones is 1. The fourth-order valence-electron chi connectivity index (χ4n) is 4.60. The molecule has 7 heteroatoms. The molecule has 0 spiro atoms. The minimum absolute atomic E-state index is 0.0383.